The minimum atomic E-state index is -0.177. The van der Waals surface area contributed by atoms with E-state index < -0.39 is 0 Å². The molecule has 1 aromatic carbocycles. The first kappa shape index (κ1) is 15.5. The molecule has 2 amide bonds. The molecule has 0 radical (unpaired) electrons. The van der Waals surface area contributed by atoms with Gasteiger partial charge < -0.3 is 20.1 Å². The molecule has 1 fully saturated rings. The summed E-state index contributed by atoms with van der Waals surface area (Å²) in [5.74, 6) is 1.81. The van der Waals surface area contributed by atoms with Crippen molar-refractivity contribution < 1.29 is 14.3 Å². The smallest absolute Gasteiger partial charge is 0.317 e. The molecule has 2 N–H and O–H groups in total. The van der Waals surface area contributed by atoms with Crippen LogP contribution in [0.4, 0.5) is 4.79 Å². The van der Waals surface area contributed by atoms with Gasteiger partial charge in [-0.3, -0.25) is 0 Å². The summed E-state index contributed by atoms with van der Waals surface area (Å²) in [6.45, 7) is 2.31. The Kier molecular flexibility index (Phi) is 5.72. The van der Waals surface area contributed by atoms with Gasteiger partial charge in [0.1, 0.15) is 0 Å². The normalized spacial score (nSPS) is 21.4. The third-order valence-corrected chi connectivity index (χ3v) is 3.96. The number of rotatable bonds is 5. The summed E-state index contributed by atoms with van der Waals surface area (Å²) in [6.07, 6.45) is 4.69. The van der Waals surface area contributed by atoms with Crippen molar-refractivity contribution >= 4 is 6.03 Å². The van der Waals surface area contributed by atoms with Crippen molar-refractivity contribution in [3.05, 3.63) is 24.3 Å². The highest BCUT2D eigenvalue weighted by atomic mass is 16.5. The first-order valence-corrected chi connectivity index (χ1v) is 7.51. The van der Waals surface area contributed by atoms with Gasteiger partial charge in [0, 0.05) is 6.04 Å². The summed E-state index contributed by atoms with van der Waals surface area (Å²) in [7, 11) is 1.59. The molecule has 0 aromatic heterocycles. The molecule has 21 heavy (non-hydrogen) atoms. The molecule has 5 heteroatoms. The molecule has 0 aliphatic heterocycles. The molecule has 0 saturated heterocycles. The molecular weight excluding hydrogens is 268 g/mol. The Morgan fingerprint density at radius 1 is 1.24 bits per heavy atom. The van der Waals surface area contributed by atoms with Gasteiger partial charge in [-0.1, -0.05) is 31.9 Å². The first-order chi connectivity index (χ1) is 10.2. The zero-order valence-electron chi connectivity index (χ0n) is 12.7. The van der Waals surface area contributed by atoms with E-state index in [1.807, 2.05) is 24.3 Å². The van der Waals surface area contributed by atoms with Crippen LogP contribution in [0.1, 0.15) is 32.6 Å². The van der Waals surface area contributed by atoms with Crippen LogP contribution in [-0.4, -0.2) is 25.9 Å². The first-order valence-electron chi connectivity index (χ1n) is 7.51. The lowest BCUT2D eigenvalue weighted by Crippen LogP contribution is -2.46. The van der Waals surface area contributed by atoms with Crippen molar-refractivity contribution in [2.24, 2.45) is 5.92 Å². The average molecular weight is 292 g/mol. The molecule has 1 aliphatic rings. The van der Waals surface area contributed by atoms with Gasteiger partial charge in [0.15, 0.2) is 18.2 Å². The molecule has 5 nitrogen and oxygen atoms in total. The monoisotopic (exact) mass is 292 g/mol. The second kappa shape index (κ2) is 7.76. The van der Waals surface area contributed by atoms with E-state index in [4.69, 9.17) is 9.47 Å². The number of hydrogen-bond donors (Lipinski definition) is 2. The van der Waals surface area contributed by atoms with Crippen LogP contribution in [0.15, 0.2) is 24.3 Å². The Bertz CT molecular complexity index is 465. The SMILES string of the molecule is COc1ccccc1OCNC(=O)NC1CCCCC1C. The highest BCUT2D eigenvalue weighted by molar-refractivity contribution is 5.74. The van der Waals surface area contributed by atoms with Crippen LogP contribution in [0.25, 0.3) is 0 Å². The lowest BCUT2D eigenvalue weighted by atomic mass is 9.86. The van der Waals surface area contributed by atoms with Crippen LogP contribution in [0.5, 0.6) is 11.5 Å². The number of amides is 2. The Balaban J connectivity index is 1.74. The Morgan fingerprint density at radius 3 is 2.67 bits per heavy atom. The van der Waals surface area contributed by atoms with Gasteiger partial charge in [-0.05, 0) is 30.9 Å². The number of benzene rings is 1. The topological polar surface area (TPSA) is 59.6 Å². The number of hydrogen-bond acceptors (Lipinski definition) is 3. The molecule has 1 saturated carbocycles. The van der Waals surface area contributed by atoms with E-state index in [0.717, 1.165) is 6.42 Å². The average Bonchev–Trinajstić information content (AvgIpc) is 2.50. The van der Waals surface area contributed by atoms with Gasteiger partial charge >= 0.3 is 6.03 Å². The Hall–Kier alpha value is -1.91. The van der Waals surface area contributed by atoms with Crippen LogP contribution in [-0.2, 0) is 0 Å². The largest absolute Gasteiger partial charge is 0.493 e. The lowest BCUT2D eigenvalue weighted by Gasteiger charge is -2.29. The van der Waals surface area contributed by atoms with E-state index in [-0.39, 0.29) is 18.8 Å². The molecule has 116 valence electrons. The number of nitrogens with one attached hydrogen (secondary N) is 2. The van der Waals surface area contributed by atoms with Gasteiger partial charge in [0.2, 0.25) is 0 Å². The summed E-state index contributed by atoms with van der Waals surface area (Å²) < 4.78 is 10.7. The van der Waals surface area contributed by atoms with Crippen LogP contribution < -0.4 is 20.1 Å². The van der Waals surface area contributed by atoms with E-state index in [1.54, 1.807) is 7.11 Å². The number of carbonyl (C=O) groups is 1. The van der Waals surface area contributed by atoms with E-state index in [1.165, 1.54) is 19.3 Å². The van der Waals surface area contributed by atoms with E-state index in [2.05, 4.69) is 17.6 Å². The zero-order chi connectivity index (χ0) is 15.1. The fraction of sp³-hybridized carbons (Fsp3) is 0.562. The predicted octanol–water partition coefficient (Wildman–Crippen LogP) is 2.91. The van der Waals surface area contributed by atoms with Crippen molar-refractivity contribution in [1.29, 1.82) is 0 Å². The molecule has 2 unspecified atom stereocenters. The Morgan fingerprint density at radius 2 is 1.95 bits per heavy atom. The second-order valence-electron chi connectivity index (χ2n) is 5.46. The fourth-order valence-corrected chi connectivity index (χ4v) is 2.67. The maximum atomic E-state index is 11.9. The number of urea groups is 1. The van der Waals surface area contributed by atoms with Crippen molar-refractivity contribution in [3.63, 3.8) is 0 Å². The van der Waals surface area contributed by atoms with Gasteiger partial charge in [0.25, 0.3) is 0 Å². The molecule has 1 aliphatic carbocycles. The number of ether oxygens (including phenoxy) is 2. The third-order valence-electron chi connectivity index (χ3n) is 3.96. The standard InChI is InChI=1S/C16H24N2O3/c1-12-7-3-4-8-13(12)18-16(19)17-11-21-15-10-6-5-9-14(15)20-2/h5-6,9-10,12-13H,3-4,7-8,11H2,1-2H3,(H2,17,18,19). The predicted molar refractivity (Wildman–Crippen MR) is 81.6 cm³/mol. The van der Waals surface area contributed by atoms with Crippen LogP contribution in [0, 0.1) is 5.92 Å². The van der Waals surface area contributed by atoms with Gasteiger partial charge in [0.05, 0.1) is 7.11 Å². The summed E-state index contributed by atoms with van der Waals surface area (Å²) in [5.41, 5.74) is 0. The highest BCUT2D eigenvalue weighted by Crippen LogP contribution is 2.25. The fourth-order valence-electron chi connectivity index (χ4n) is 2.67. The van der Waals surface area contributed by atoms with E-state index >= 15 is 0 Å². The maximum absolute atomic E-state index is 11.9. The van der Waals surface area contributed by atoms with Gasteiger partial charge in [-0.15, -0.1) is 0 Å². The van der Waals surface area contributed by atoms with Crippen LogP contribution in [0.3, 0.4) is 0 Å². The van der Waals surface area contributed by atoms with E-state index in [9.17, 15) is 4.79 Å². The Labute approximate surface area is 126 Å². The summed E-state index contributed by atoms with van der Waals surface area (Å²) in [6, 6.07) is 7.45. The highest BCUT2D eigenvalue weighted by Gasteiger charge is 2.22. The minimum Gasteiger partial charge on any atom is -0.493 e. The summed E-state index contributed by atoms with van der Waals surface area (Å²) in [4.78, 5) is 11.9. The van der Waals surface area contributed by atoms with E-state index in [0.29, 0.717) is 17.4 Å². The quantitative estimate of drug-likeness (QED) is 0.820. The number of methoxy groups -OCH3 is 1. The zero-order valence-corrected chi connectivity index (χ0v) is 12.7. The molecule has 0 spiro atoms. The van der Waals surface area contributed by atoms with Crippen molar-refractivity contribution in [2.75, 3.05) is 13.8 Å². The van der Waals surface area contributed by atoms with Crippen LogP contribution >= 0.6 is 0 Å². The summed E-state index contributed by atoms with van der Waals surface area (Å²) in [5, 5.41) is 5.74. The van der Waals surface area contributed by atoms with Crippen LogP contribution in [0.2, 0.25) is 0 Å². The molecule has 0 heterocycles. The van der Waals surface area contributed by atoms with Crippen molar-refractivity contribution in [1.82, 2.24) is 10.6 Å². The molecule has 2 atom stereocenters. The minimum absolute atomic E-state index is 0.118. The molecule has 1 aromatic rings. The van der Waals surface area contributed by atoms with Crippen molar-refractivity contribution in [2.45, 2.75) is 38.6 Å². The lowest BCUT2D eigenvalue weighted by molar-refractivity contribution is 0.206. The molecule has 0 bridgehead atoms. The van der Waals surface area contributed by atoms with Gasteiger partial charge in [-0.2, -0.15) is 0 Å². The summed E-state index contributed by atoms with van der Waals surface area (Å²) >= 11 is 0. The molecular formula is C16H24N2O3. The number of para-hydroxylation sites is 2. The van der Waals surface area contributed by atoms with Crippen molar-refractivity contribution in [3.8, 4) is 11.5 Å². The number of carbonyl (C=O) groups excluding carboxylic acids is 1. The molecule has 2 rings (SSSR count). The second-order valence-corrected chi connectivity index (χ2v) is 5.46. The third kappa shape index (κ3) is 4.55. The van der Waals surface area contributed by atoms with Gasteiger partial charge in [-0.25, -0.2) is 4.79 Å². The maximum Gasteiger partial charge on any atom is 0.317 e.